The van der Waals surface area contributed by atoms with E-state index in [0.717, 1.165) is 11.6 Å². The molecule has 1 heterocycles. The van der Waals surface area contributed by atoms with Gasteiger partial charge in [-0.3, -0.25) is 0 Å². The molecule has 4 heteroatoms. The molecule has 0 aliphatic rings. The molecule has 1 N–H and O–H groups in total. The zero-order chi connectivity index (χ0) is 10.6. The summed E-state index contributed by atoms with van der Waals surface area (Å²) < 4.78 is 5.07. The Kier molecular flexibility index (Phi) is 4.51. The molecule has 0 amide bonds. The topological polar surface area (TPSA) is 34.1 Å². The fraction of sp³-hybridized carbons (Fsp3) is 0.700. The summed E-state index contributed by atoms with van der Waals surface area (Å²) in [5, 5.41) is 4.58. The molecule has 0 aliphatic heterocycles. The van der Waals surface area contributed by atoms with Gasteiger partial charge in [0.2, 0.25) is 0 Å². The molecule has 2 unspecified atom stereocenters. The molecule has 80 valence electrons. The van der Waals surface area contributed by atoms with Crippen molar-refractivity contribution in [3.8, 4) is 0 Å². The van der Waals surface area contributed by atoms with Crippen LogP contribution < -0.4 is 5.32 Å². The number of ether oxygens (including phenoxy) is 1. The number of aromatic nitrogens is 1. The number of nitrogens with one attached hydrogen (secondary N) is 1. The molecular formula is C10H18N2OS. The van der Waals surface area contributed by atoms with E-state index in [2.05, 4.69) is 31.1 Å². The molecule has 0 fully saturated rings. The summed E-state index contributed by atoms with van der Waals surface area (Å²) >= 11 is 1.74. The van der Waals surface area contributed by atoms with Crippen LogP contribution in [0.2, 0.25) is 0 Å². The highest BCUT2D eigenvalue weighted by molar-refractivity contribution is 7.11. The Bertz CT molecular complexity index is 275. The van der Waals surface area contributed by atoms with Crippen molar-refractivity contribution in [2.24, 2.45) is 0 Å². The zero-order valence-electron chi connectivity index (χ0n) is 9.20. The van der Waals surface area contributed by atoms with Gasteiger partial charge >= 0.3 is 0 Å². The van der Waals surface area contributed by atoms with Gasteiger partial charge in [0.25, 0.3) is 0 Å². The minimum Gasteiger partial charge on any atom is -0.383 e. The first-order valence-electron chi connectivity index (χ1n) is 4.80. The first-order chi connectivity index (χ1) is 6.63. The van der Waals surface area contributed by atoms with E-state index < -0.39 is 0 Å². The molecular weight excluding hydrogens is 196 g/mol. The number of aryl methyl sites for hydroxylation is 1. The highest BCUT2D eigenvalue weighted by Gasteiger charge is 2.11. The van der Waals surface area contributed by atoms with E-state index in [1.54, 1.807) is 18.4 Å². The summed E-state index contributed by atoms with van der Waals surface area (Å²) in [5.41, 5.74) is 0. The second-order valence-electron chi connectivity index (χ2n) is 3.55. The third-order valence-corrected chi connectivity index (χ3v) is 3.06. The molecule has 2 atom stereocenters. The summed E-state index contributed by atoms with van der Waals surface area (Å²) in [4.78, 5) is 5.60. The molecule has 14 heavy (non-hydrogen) atoms. The van der Waals surface area contributed by atoms with E-state index in [1.807, 2.05) is 6.20 Å². The maximum Gasteiger partial charge on any atom is 0.109 e. The van der Waals surface area contributed by atoms with Crippen LogP contribution in [0.25, 0.3) is 0 Å². The van der Waals surface area contributed by atoms with Gasteiger partial charge in [0.1, 0.15) is 5.01 Å². The van der Waals surface area contributed by atoms with Gasteiger partial charge in [0, 0.05) is 24.2 Å². The fourth-order valence-corrected chi connectivity index (χ4v) is 2.15. The summed E-state index contributed by atoms with van der Waals surface area (Å²) in [6, 6.07) is 0.665. The van der Waals surface area contributed by atoms with Crippen molar-refractivity contribution < 1.29 is 4.74 Å². The van der Waals surface area contributed by atoms with Gasteiger partial charge in [-0.05, 0) is 20.8 Å². The van der Waals surface area contributed by atoms with Gasteiger partial charge in [-0.2, -0.15) is 0 Å². The van der Waals surface area contributed by atoms with Crippen molar-refractivity contribution in [1.82, 2.24) is 10.3 Å². The van der Waals surface area contributed by atoms with Crippen molar-refractivity contribution in [3.05, 3.63) is 16.1 Å². The normalized spacial score (nSPS) is 15.4. The molecule has 0 bridgehead atoms. The molecule has 0 radical (unpaired) electrons. The van der Waals surface area contributed by atoms with Crippen molar-refractivity contribution in [3.63, 3.8) is 0 Å². The number of hydrogen-bond donors (Lipinski definition) is 1. The summed E-state index contributed by atoms with van der Waals surface area (Å²) in [7, 11) is 1.72. The van der Waals surface area contributed by atoms with E-state index in [9.17, 15) is 0 Å². The Morgan fingerprint density at radius 2 is 2.29 bits per heavy atom. The van der Waals surface area contributed by atoms with Crippen LogP contribution in [0, 0.1) is 6.92 Å². The summed E-state index contributed by atoms with van der Waals surface area (Å²) in [5.74, 6) is 0. The Balaban J connectivity index is 2.45. The zero-order valence-corrected chi connectivity index (χ0v) is 10.0. The Morgan fingerprint density at radius 1 is 1.57 bits per heavy atom. The molecule has 0 spiro atoms. The third-order valence-electron chi connectivity index (χ3n) is 1.96. The second kappa shape index (κ2) is 5.44. The third kappa shape index (κ3) is 3.36. The van der Waals surface area contributed by atoms with Crippen molar-refractivity contribution in [1.29, 1.82) is 0 Å². The van der Waals surface area contributed by atoms with Crippen molar-refractivity contribution in [2.75, 3.05) is 13.7 Å². The average molecular weight is 214 g/mol. The highest BCUT2D eigenvalue weighted by atomic mass is 32.1. The molecule has 0 aliphatic carbocycles. The van der Waals surface area contributed by atoms with Crippen molar-refractivity contribution >= 4 is 11.3 Å². The Hall–Kier alpha value is -0.450. The van der Waals surface area contributed by atoms with Crippen LogP contribution in [0.5, 0.6) is 0 Å². The molecule has 0 saturated heterocycles. The second-order valence-corrected chi connectivity index (χ2v) is 4.82. The van der Waals surface area contributed by atoms with Gasteiger partial charge in [0.05, 0.1) is 12.6 Å². The minimum absolute atomic E-state index is 0.304. The lowest BCUT2D eigenvalue weighted by atomic mass is 10.3. The fourth-order valence-electron chi connectivity index (χ4n) is 1.37. The molecule has 1 aromatic heterocycles. The van der Waals surface area contributed by atoms with E-state index >= 15 is 0 Å². The molecule has 3 nitrogen and oxygen atoms in total. The number of nitrogens with zero attached hydrogens (tertiary/aromatic N) is 1. The lowest BCUT2D eigenvalue weighted by Crippen LogP contribution is -2.32. The number of methoxy groups -OCH3 is 1. The lowest BCUT2D eigenvalue weighted by Gasteiger charge is -2.17. The quantitative estimate of drug-likeness (QED) is 0.815. The van der Waals surface area contributed by atoms with Crippen LogP contribution in [0.3, 0.4) is 0 Å². The molecule has 1 rings (SSSR count). The van der Waals surface area contributed by atoms with Crippen LogP contribution in [-0.2, 0) is 4.74 Å². The van der Waals surface area contributed by atoms with Gasteiger partial charge < -0.3 is 10.1 Å². The van der Waals surface area contributed by atoms with Gasteiger partial charge in [-0.1, -0.05) is 0 Å². The molecule has 0 aromatic carbocycles. The van der Waals surface area contributed by atoms with Crippen LogP contribution in [0.1, 0.15) is 29.8 Å². The maximum atomic E-state index is 5.07. The smallest absolute Gasteiger partial charge is 0.109 e. The van der Waals surface area contributed by atoms with Crippen LogP contribution >= 0.6 is 11.3 Å². The molecule has 1 aromatic rings. The predicted molar refractivity (Wildman–Crippen MR) is 59.7 cm³/mol. The summed E-state index contributed by atoms with van der Waals surface area (Å²) in [6.45, 7) is 7.05. The number of hydrogen-bond acceptors (Lipinski definition) is 4. The van der Waals surface area contributed by atoms with E-state index in [-0.39, 0.29) is 0 Å². The van der Waals surface area contributed by atoms with E-state index in [1.165, 1.54) is 4.88 Å². The predicted octanol–water partition coefficient (Wildman–Crippen LogP) is 2.14. The summed E-state index contributed by atoms with van der Waals surface area (Å²) in [6.07, 6.45) is 1.92. The average Bonchev–Trinajstić information content (AvgIpc) is 2.52. The van der Waals surface area contributed by atoms with E-state index in [0.29, 0.717) is 12.1 Å². The number of rotatable bonds is 5. The molecule has 0 saturated carbocycles. The highest BCUT2D eigenvalue weighted by Crippen LogP contribution is 2.19. The van der Waals surface area contributed by atoms with Crippen LogP contribution in [-0.4, -0.2) is 24.7 Å². The number of thiazole rings is 1. The minimum atomic E-state index is 0.304. The first kappa shape index (κ1) is 11.6. The Labute approximate surface area is 89.5 Å². The van der Waals surface area contributed by atoms with E-state index in [4.69, 9.17) is 4.74 Å². The van der Waals surface area contributed by atoms with Crippen molar-refractivity contribution in [2.45, 2.75) is 32.9 Å². The van der Waals surface area contributed by atoms with Gasteiger partial charge in [0.15, 0.2) is 0 Å². The maximum absolute atomic E-state index is 5.07. The van der Waals surface area contributed by atoms with Crippen LogP contribution in [0.4, 0.5) is 0 Å². The standard InChI is InChI=1S/C10H18N2OS/c1-7(6-13-4)12-9(3)10-11-5-8(2)14-10/h5,7,9,12H,6H2,1-4H3. The largest absolute Gasteiger partial charge is 0.383 e. The van der Waals surface area contributed by atoms with Crippen LogP contribution in [0.15, 0.2) is 6.20 Å². The SMILES string of the molecule is COCC(C)NC(C)c1ncc(C)s1. The monoisotopic (exact) mass is 214 g/mol. The first-order valence-corrected chi connectivity index (χ1v) is 5.62. The Morgan fingerprint density at radius 3 is 2.79 bits per heavy atom. The van der Waals surface area contributed by atoms with Gasteiger partial charge in [-0.25, -0.2) is 4.98 Å². The lowest BCUT2D eigenvalue weighted by molar-refractivity contribution is 0.167. The van der Waals surface area contributed by atoms with Gasteiger partial charge in [-0.15, -0.1) is 11.3 Å².